The van der Waals surface area contributed by atoms with Crippen LogP contribution in [0.25, 0.3) is 0 Å². The molecule has 1 aliphatic heterocycles. The molecule has 1 unspecified atom stereocenters. The van der Waals surface area contributed by atoms with E-state index in [-0.39, 0.29) is 0 Å². The Balaban J connectivity index is 1.87. The molecule has 0 saturated carbocycles. The molecule has 104 valence electrons. The highest BCUT2D eigenvalue weighted by Gasteiger charge is 2.25. The molecule has 2 aromatic rings. The van der Waals surface area contributed by atoms with Crippen molar-refractivity contribution >= 4 is 11.8 Å². The van der Waals surface area contributed by atoms with E-state index >= 15 is 0 Å². The molecule has 0 radical (unpaired) electrons. The second kappa shape index (κ2) is 5.50. The molecule has 3 heterocycles. The molecule has 1 aliphatic rings. The van der Waals surface area contributed by atoms with Gasteiger partial charge in [0.15, 0.2) is 0 Å². The number of likely N-dealkylation sites (tertiary alicyclic amines) is 1. The Kier molecular flexibility index (Phi) is 3.56. The SMILES string of the molecule is Cc1cc(Nc2ncccn2)nc(C2CCCN2C)n1. The highest BCUT2D eigenvalue weighted by molar-refractivity contribution is 5.47. The fourth-order valence-corrected chi connectivity index (χ4v) is 2.52. The maximum atomic E-state index is 4.62. The first-order valence-electron chi connectivity index (χ1n) is 6.82. The topological polar surface area (TPSA) is 66.8 Å². The lowest BCUT2D eigenvalue weighted by molar-refractivity contribution is 0.305. The molecule has 0 bridgehead atoms. The van der Waals surface area contributed by atoms with E-state index in [0.29, 0.717) is 12.0 Å². The number of anilines is 2. The van der Waals surface area contributed by atoms with Crippen molar-refractivity contribution in [1.29, 1.82) is 0 Å². The lowest BCUT2D eigenvalue weighted by atomic mass is 10.2. The normalized spacial score (nSPS) is 19.2. The molecule has 6 nitrogen and oxygen atoms in total. The average Bonchev–Trinajstić information content (AvgIpc) is 2.85. The van der Waals surface area contributed by atoms with Crippen LogP contribution >= 0.6 is 0 Å². The molecule has 0 spiro atoms. The minimum absolute atomic E-state index is 0.312. The molecule has 3 rings (SSSR count). The van der Waals surface area contributed by atoms with Crippen LogP contribution in [-0.4, -0.2) is 38.4 Å². The Bertz CT molecular complexity index is 585. The van der Waals surface area contributed by atoms with Crippen LogP contribution in [0.1, 0.15) is 30.4 Å². The smallest absolute Gasteiger partial charge is 0.228 e. The molecule has 6 heteroatoms. The Morgan fingerprint density at radius 3 is 2.75 bits per heavy atom. The monoisotopic (exact) mass is 270 g/mol. The van der Waals surface area contributed by atoms with E-state index in [9.17, 15) is 0 Å². The van der Waals surface area contributed by atoms with Gasteiger partial charge in [0.2, 0.25) is 5.95 Å². The number of hydrogen-bond donors (Lipinski definition) is 1. The summed E-state index contributed by atoms with van der Waals surface area (Å²) in [7, 11) is 2.12. The zero-order chi connectivity index (χ0) is 13.9. The van der Waals surface area contributed by atoms with Crippen molar-refractivity contribution < 1.29 is 0 Å². The maximum Gasteiger partial charge on any atom is 0.228 e. The molecule has 1 saturated heterocycles. The molecular formula is C14H18N6. The van der Waals surface area contributed by atoms with Crippen molar-refractivity contribution in [2.75, 3.05) is 18.9 Å². The van der Waals surface area contributed by atoms with Gasteiger partial charge in [-0.3, -0.25) is 4.90 Å². The molecule has 0 amide bonds. The van der Waals surface area contributed by atoms with Gasteiger partial charge in [0, 0.05) is 24.2 Å². The van der Waals surface area contributed by atoms with Gasteiger partial charge >= 0.3 is 0 Å². The van der Waals surface area contributed by atoms with E-state index in [2.05, 4.69) is 37.2 Å². The Labute approximate surface area is 118 Å². The fraction of sp³-hybridized carbons (Fsp3) is 0.429. The van der Waals surface area contributed by atoms with Crippen LogP contribution in [0, 0.1) is 6.92 Å². The van der Waals surface area contributed by atoms with E-state index in [1.54, 1.807) is 18.5 Å². The van der Waals surface area contributed by atoms with E-state index in [4.69, 9.17) is 0 Å². The number of nitrogens with zero attached hydrogens (tertiary/aromatic N) is 5. The summed E-state index contributed by atoms with van der Waals surface area (Å²) in [5.41, 5.74) is 0.953. The second-order valence-corrected chi connectivity index (χ2v) is 5.09. The average molecular weight is 270 g/mol. The summed E-state index contributed by atoms with van der Waals surface area (Å²) < 4.78 is 0. The van der Waals surface area contributed by atoms with E-state index < -0.39 is 0 Å². The standard InChI is InChI=1S/C14H18N6/c1-10-9-12(19-14-15-6-4-7-16-14)18-13(17-10)11-5-3-8-20(11)2/h4,6-7,9,11H,3,5,8H2,1-2H3,(H,15,16,17,18,19). The highest BCUT2D eigenvalue weighted by Crippen LogP contribution is 2.28. The number of rotatable bonds is 3. The van der Waals surface area contributed by atoms with Gasteiger partial charge in [-0.05, 0) is 39.4 Å². The zero-order valence-electron chi connectivity index (χ0n) is 11.7. The zero-order valence-corrected chi connectivity index (χ0v) is 11.7. The predicted molar refractivity (Wildman–Crippen MR) is 76.7 cm³/mol. The van der Waals surface area contributed by atoms with Crippen molar-refractivity contribution in [3.8, 4) is 0 Å². The summed E-state index contributed by atoms with van der Waals surface area (Å²) in [5.74, 6) is 2.18. The van der Waals surface area contributed by atoms with Gasteiger partial charge in [0.25, 0.3) is 0 Å². The summed E-state index contributed by atoms with van der Waals surface area (Å²) in [5, 5.41) is 3.13. The van der Waals surface area contributed by atoms with Crippen LogP contribution in [0.15, 0.2) is 24.5 Å². The van der Waals surface area contributed by atoms with Crippen LogP contribution < -0.4 is 5.32 Å². The molecule has 1 N–H and O–H groups in total. The Hall–Kier alpha value is -2.08. The fourth-order valence-electron chi connectivity index (χ4n) is 2.52. The van der Waals surface area contributed by atoms with Gasteiger partial charge in [-0.25, -0.2) is 19.9 Å². The molecule has 1 fully saturated rings. The van der Waals surface area contributed by atoms with E-state index in [0.717, 1.165) is 30.3 Å². The van der Waals surface area contributed by atoms with Crippen LogP contribution in [0.2, 0.25) is 0 Å². The molecule has 20 heavy (non-hydrogen) atoms. The third-order valence-electron chi connectivity index (χ3n) is 3.50. The van der Waals surface area contributed by atoms with Gasteiger partial charge in [-0.15, -0.1) is 0 Å². The summed E-state index contributed by atoms with van der Waals surface area (Å²) in [6, 6.07) is 4.01. The van der Waals surface area contributed by atoms with Gasteiger partial charge in [-0.2, -0.15) is 0 Å². The number of nitrogens with one attached hydrogen (secondary N) is 1. The van der Waals surface area contributed by atoms with Crippen LogP contribution in [0.3, 0.4) is 0 Å². The van der Waals surface area contributed by atoms with Gasteiger partial charge < -0.3 is 5.32 Å². The highest BCUT2D eigenvalue weighted by atomic mass is 15.2. The Morgan fingerprint density at radius 1 is 1.25 bits per heavy atom. The number of hydrogen-bond acceptors (Lipinski definition) is 6. The summed E-state index contributed by atoms with van der Waals surface area (Å²) in [4.78, 5) is 19.8. The van der Waals surface area contributed by atoms with Crippen LogP contribution in [-0.2, 0) is 0 Å². The first-order chi connectivity index (χ1) is 9.72. The summed E-state index contributed by atoms with van der Waals surface area (Å²) in [6.07, 6.45) is 5.72. The summed E-state index contributed by atoms with van der Waals surface area (Å²) >= 11 is 0. The van der Waals surface area contributed by atoms with Crippen molar-refractivity contribution in [2.45, 2.75) is 25.8 Å². The van der Waals surface area contributed by atoms with Gasteiger partial charge in [0.1, 0.15) is 11.6 Å². The quantitative estimate of drug-likeness (QED) is 0.921. The third-order valence-corrected chi connectivity index (χ3v) is 3.50. The van der Waals surface area contributed by atoms with Crippen molar-refractivity contribution in [1.82, 2.24) is 24.8 Å². The lowest BCUT2D eigenvalue weighted by Crippen LogP contribution is -2.20. The van der Waals surface area contributed by atoms with Crippen LogP contribution in [0.4, 0.5) is 11.8 Å². The minimum Gasteiger partial charge on any atom is -0.309 e. The molecule has 0 aliphatic carbocycles. The minimum atomic E-state index is 0.312. The first-order valence-corrected chi connectivity index (χ1v) is 6.82. The van der Waals surface area contributed by atoms with E-state index in [1.807, 2.05) is 13.0 Å². The summed E-state index contributed by atoms with van der Waals surface area (Å²) in [6.45, 7) is 3.09. The van der Waals surface area contributed by atoms with Crippen molar-refractivity contribution in [3.63, 3.8) is 0 Å². The van der Waals surface area contributed by atoms with Gasteiger partial charge in [-0.1, -0.05) is 0 Å². The second-order valence-electron chi connectivity index (χ2n) is 5.09. The Morgan fingerprint density at radius 2 is 2.05 bits per heavy atom. The third kappa shape index (κ3) is 2.75. The predicted octanol–water partition coefficient (Wildman–Crippen LogP) is 2.09. The molecule has 2 aromatic heterocycles. The molecule has 1 atom stereocenters. The lowest BCUT2D eigenvalue weighted by Gasteiger charge is -2.18. The van der Waals surface area contributed by atoms with E-state index in [1.165, 1.54) is 6.42 Å². The number of aromatic nitrogens is 4. The van der Waals surface area contributed by atoms with Crippen molar-refractivity contribution in [3.05, 3.63) is 36.0 Å². The molecule has 0 aromatic carbocycles. The van der Waals surface area contributed by atoms with Gasteiger partial charge in [0.05, 0.1) is 6.04 Å². The van der Waals surface area contributed by atoms with Crippen LogP contribution in [0.5, 0.6) is 0 Å². The van der Waals surface area contributed by atoms with Crippen molar-refractivity contribution in [2.24, 2.45) is 0 Å². The largest absolute Gasteiger partial charge is 0.309 e. The number of aryl methyl sites for hydroxylation is 1. The first kappa shape index (κ1) is 12.9. The molecular weight excluding hydrogens is 252 g/mol. The maximum absolute atomic E-state index is 4.62.